The van der Waals surface area contributed by atoms with Crippen LogP contribution in [0.15, 0.2) is 24.3 Å². The first-order chi connectivity index (χ1) is 7.72. The van der Waals surface area contributed by atoms with Gasteiger partial charge in [0.1, 0.15) is 0 Å². The van der Waals surface area contributed by atoms with E-state index in [-0.39, 0.29) is 0 Å². The van der Waals surface area contributed by atoms with Crippen LogP contribution >= 0.6 is 24.0 Å². The van der Waals surface area contributed by atoms with Gasteiger partial charge in [0.25, 0.3) is 0 Å². The molecule has 2 nitrogen and oxygen atoms in total. The van der Waals surface area contributed by atoms with E-state index in [0.717, 1.165) is 23.2 Å². The number of benzene rings is 1. The first kappa shape index (κ1) is 13.3. The van der Waals surface area contributed by atoms with Crippen molar-refractivity contribution < 1.29 is 0 Å². The van der Waals surface area contributed by atoms with Gasteiger partial charge in [-0.1, -0.05) is 29.8 Å². The molecule has 1 aromatic carbocycles. The van der Waals surface area contributed by atoms with Gasteiger partial charge in [-0.25, -0.2) is 0 Å². The van der Waals surface area contributed by atoms with Crippen molar-refractivity contribution in [3.63, 3.8) is 0 Å². The molecular formula is C12H18N2S2. The molecule has 0 aromatic heterocycles. The first-order valence-electron chi connectivity index (χ1n) is 5.31. The van der Waals surface area contributed by atoms with Crippen LogP contribution in [0.1, 0.15) is 11.1 Å². The summed E-state index contributed by atoms with van der Waals surface area (Å²) in [5, 5.41) is 6.74. The van der Waals surface area contributed by atoms with E-state index >= 15 is 0 Å². The van der Waals surface area contributed by atoms with E-state index in [0.29, 0.717) is 0 Å². The Morgan fingerprint density at radius 3 is 2.62 bits per heavy atom. The number of hydrogen-bond donors (Lipinski definition) is 2. The maximum Gasteiger partial charge on any atom is 0.166 e. The number of rotatable bonds is 5. The van der Waals surface area contributed by atoms with Gasteiger partial charge in [0.2, 0.25) is 0 Å². The van der Waals surface area contributed by atoms with Gasteiger partial charge >= 0.3 is 0 Å². The van der Waals surface area contributed by atoms with Gasteiger partial charge in [-0.15, -0.1) is 0 Å². The van der Waals surface area contributed by atoms with Gasteiger partial charge < -0.3 is 10.6 Å². The maximum atomic E-state index is 4.98. The minimum Gasteiger partial charge on any atom is -0.366 e. The highest BCUT2D eigenvalue weighted by Crippen LogP contribution is 2.12. The molecule has 0 fully saturated rings. The lowest BCUT2D eigenvalue weighted by molar-refractivity contribution is 0.943. The van der Waals surface area contributed by atoms with E-state index in [1.165, 1.54) is 11.1 Å². The SMILES string of the molecule is CNC(=S)NCCSCc1ccc(C)cc1. The van der Waals surface area contributed by atoms with Crippen LogP contribution < -0.4 is 10.6 Å². The molecule has 2 N–H and O–H groups in total. The molecule has 0 unspecified atom stereocenters. The average molecular weight is 254 g/mol. The number of aryl methyl sites for hydroxylation is 1. The maximum absolute atomic E-state index is 4.98. The summed E-state index contributed by atoms with van der Waals surface area (Å²) in [6.45, 7) is 3.02. The van der Waals surface area contributed by atoms with E-state index in [9.17, 15) is 0 Å². The highest BCUT2D eigenvalue weighted by atomic mass is 32.2. The zero-order valence-electron chi connectivity index (χ0n) is 9.75. The molecule has 1 aromatic rings. The molecule has 0 aliphatic rings. The summed E-state index contributed by atoms with van der Waals surface area (Å²) in [6, 6.07) is 8.69. The first-order valence-corrected chi connectivity index (χ1v) is 6.87. The Labute approximate surface area is 107 Å². The fraction of sp³-hybridized carbons (Fsp3) is 0.417. The molecule has 0 bridgehead atoms. The summed E-state index contributed by atoms with van der Waals surface area (Å²) < 4.78 is 0. The van der Waals surface area contributed by atoms with Gasteiger partial charge in [0.05, 0.1) is 0 Å². The van der Waals surface area contributed by atoms with E-state index in [2.05, 4.69) is 41.8 Å². The summed E-state index contributed by atoms with van der Waals surface area (Å²) in [5.41, 5.74) is 2.70. The summed E-state index contributed by atoms with van der Waals surface area (Å²) in [7, 11) is 1.83. The topological polar surface area (TPSA) is 24.1 Å². The summed E-state index contributed by atoms with van der Waals surface area (Å²) in [6.07, 6.45) is 0. The van der Waals surface area contributed by atoms with Crippen molar-refractivity contribution in [1.29, 1.82) is 0 Å². The normalized spacial score (nSPS) is 9.88. The second-order valence-electron chi connectivity index (χ2n) is 3.54. The van der Waals surface area contributed by atoms with Crippen LogP contribution in [0.3, 0.4) is 0 Å². The molecule has 0 saturated carbocycles. The molecule has 16 heavy (non-hydrogen) atoms. The fourth-order valence-electron chi connectivity index (χ4n) is 1.20. The van der Waals surface area contributed by atoms with Crippen molar-refractivity contribution in [2.75, 3.05) is 19.3 Å². The third-order valence-electron chi connectivity index (χ3n) is 2.15. The van der Waals surface area contributed by atoms with Gasteiger partial charge in [-0.05, 0) is 24.7 Å². The highest BCUT2D eigenvalue weighted by molar-refractivity contribution is 7.98. The zero-order chi connectivity index (χ0) is 11.8. The molecule has 1 rings (SSSR count). The van der Waals surface area contributed by atoms with Crippen LogP contribution in [0.4, 0.5) is 0 Å². The summed E-state index contributed by atoms with van der Waals surface area (Å²) >= 11 is 6.90. The second kappa shape index (κ2) is 7.52. The van der Waals surface area contributed by atoms with Crippen molar-refractivity contribution in [2.24, 2.45) is 0 Å². The van der Waals surface area contributed by atoms with Gasteiger partial charge in [-0.2, -0.15) is 11.8 Å². The Bertz CT molecular complexity index is 322. The monoisotopic (exact) mass is 254 g/mol. The molecule has 4 heteroatoms. The highest BCUT2D eigenvalue weighted by Gasteiger charge is 1.94. The third kappa shape index (κ3) is 5.37. The van der Waals surface area contributed by atoms with E-state index in [1.54, 1.807) is 0 Å². The van der Waals surface area contributed by atoms with Crippen LogP contribution in [-0.2, 0) is 5.75 Å². The Balaban J connectivity index is 2.11. The standard InChI is InChI=1S/C12H18N2S2/c1-10-3-5-11(6-4-10)9-16-8-7-14-12(15)13-2/h3-6H,7-9H2,1-2H3,(H2,13,14,15). The Kier molecular flexibility index (Phi) is 6.26. The van der Waals surface area contributed by atoms with Crippen molar-refractivity contribution in [3.8, 4) is 0 Å². The molecule has 0 aliphatic heterocycles. The van der Waals surface area contributed by atoms with Crippen molar-refractivity contribution in [3.05, 3.63) is 35.4 Å². The van der Waals surface area contributed by atoms with E-state index in [4.69, 9.17) is 12.2 Å². The molecular weight excluding hydrogens is 236 g/mol. The third-order valence-corrected chi connectivity index (χ3v) is 3.53. The Morgan fingerprint density at radius 1 is 1.31 bits per heavy atom. The molecule has 0 spiro atoms. The van der Waals surface area contributed by atoms with Gasteiger partial charge in [0, 0.05) is 25.1 Å². The lowest BCUT2D eigenvalue weighted by Gasteiger charge is -2.06. The van der Waals surface area contributed by atoms with Crippen LogP contribution in [0, 0.1) is 6.92 Å². The summed E-state index contributed by atoms with van der Waals surface area (Å²) in [5.74, 6) is 2.13. The smallest absolute Gasteiger partial charge is 0.166 e. The van der Waals surface area contributed by atoms with Crippen molar-refractivity contribution >= 4 is 29.1 Å². The number of thioether (sulfide) groups is 1. The molecule has 0 atom stereocenters. The van der Waals surface area contributed by atoms with Crippen LogP contribution in [0.5, 0.6) is 0 Å². The second-order valence-corrected chi connectivity index (χ2v) is 5.06. The van der Waals surface area contributed by atoms with Gasteiger partial charge in [0.15, 0.2) is 5.11 Å². The minimum atomic E-state index is 0.718. The van der Waals surface area contributed by atoms with Crippen LogP contribution in [0.2, 0.25) is 0 Å². The predicted octanol–water partition coefficient (Wildman–Crippen LogP) is 2.32. The Morgan fingerprint density at radius 2 is 2.00 bits per heavy atom. The van der Waals surface area contributed by atoms with Crippen LogP contribution in [-0.4, -0.2) is 24.5 Å². The van der Waals surface area contributed by atoms with E-state index in [1.807, 2.05) is 18.8 Å². The zero-order valence-corrected chi connectivity index (χ0v) is 11.4. The molecule has 0 radical (unpaired) electrons. The quantitative estimate of drug-likeness (QED) is 0.622. The average Bonchev–Trinajstić information content (AvgIpc) is 2.31. The lowest BCUT2D eigenvalue weighted by Crippen LogP contribution is -2.33. The summed E-state index contributed by atoms with van der Waals surface area (Å²) in [4.78, 5) is 0. The van der Waals surface area contributed by atoms with E-state index < -0.39 is 0 Å². The molecule has 0 saturated heterocycles. The molecule has 0 heterocycles. The van der Waals surface area contributed by atoms with Crippen molar-refractivity contribution in [1.82, 2.24) is 10.6 Å². The number of hydrogen-bond acceptors (Lipinski definition) is 2. The molecule has 88 valence electrons. The van der Waals surface area contributed by atoms with Gasteiger partial charge in [-0.3, -0.25) is 0 Å². The number of nitrogens with one attached hydrogen (secondary N) is 2. The number of thiocarbonyl (C=S) groups is 1. The van der Waals surface area contributed by atoms with Crippen molar-refractivity contribution in [2.45, 2.75) is 12.7 Å². The van der Waals surface area contributed by atoms with Crippen LogP contribution in [0.25, 0.3) is 0 Å². The largest absolute Gasteiger partial charge is 0.366 e. The minimum absolute atomic E-state index is 0.718. The predicted molar refractivity (Wildman–Crippen MR) is 77.0 cm³/mol. The Hall–Kier alpha value is -0.740. The molecule has 0 aliphatic carbocycles. The fourth-order valence-corrected chi connectivity index (χ4v) is 2.12. The molecule has 0 amide bonds. The lowest BCUT2D eigenvalue weighted by atomic mass is 10.2.